The van der Waals surface area contributed by atoms with Crippen molar-refractivity contribution in [2.45, 2.75) is 5.41 Å². The fourth-order valence-corrected chi connectivity index (χ4v) is 6.68. The lowest BCUT2D eigenvalue weighted by molar-refractivity contribution is 0.768. The second kappa shape index (κ2) is 10.7. The minimum Gasteiger partial charge on any atom is -0.208 e. The van der Waals surface area contributed by atoms with Gasteiger partial charge in [-0.1, -0.05) is 139 Å². The summed E-state index contributed by atoms with van der Waals surface area (Å²) in [5, 5.41) is 0.669. The molecule has 0 radical (unpaired) electrons. The molecule has 0 unspecified atom stereocenters. The van der Waals surface area contributed by atoms with Crippen molar-refractivity contribution in [1.82, 2.24) is 15.0 Å². The lowest BCUT2D eigenvalue weighted by Crippen LogP contribution is -2.28. The molecule has 6 aromatic carbocycles. The summed E-state index contributed by atoms with van der Waals surface area (Å²) in [6.07, 6.45) is 0. The van der Waals surface area contributed by atoms with Crippen molar-refractivity contribution in [3.63, 3.8) is 0 Å². The Bertz CT molecular complexity index is 2080. The van der Waals surface area contributed by atoms with Crippen molar-refractivity contribution >= 4 is 11.6 Å². The van der Waals surface area contributed by atoms with Crippen LogP contribution in [-0.4, -0.2) is 15.0 Å². The largest absolute Gasteiger partial charge is 0.208 e. The van der Waals surface area contributed by atoms with Gasteiger partial charge in [0.15, 0.2) is 17.5 Å². The zero-order valence-corrected chi connectivity index (χ0v) is 24.5. The number of halogens is 1. The van der Waals surface area contributed by atoms with Crippen molar-refractivity contribution in [1.29, 1.82) is 0 Å². The number of rotatable bonds is 5. The molecule has 0 bridgehead atoms. The molecule has 1 aromatic heterocycles. The molecule has 0 fully saturated rings. The monoisotopic (exact) mass is 583 g/mol. The molecule has 0 spiro atoms. The minimum absolute atomic E-state index is 0.501. The Labute approximate surface area is 261 Å². The van der Waals surface area contributed by atoms with Crippen LogP contribution >= 0.6 is 11.6 Å². The molecule has 0 amide bonds. The topological polar surface area (TPSA) is 38.7 Å². The first-order valence-corrected chi connectivity index (χ1v) is 15.0. The van der Waals surface area contributed by atoms with Crippen LogP contribution in [0, 0.1) is 0 Å². The van der Waals surface area contributed by atoms with Crippen LogP contribution in [0.4, 0.5) is 0 Å². The normalized spacial score (nSPS) is 12.8. The van der Waals surface area contributed by atoms with Gasteiger partial charge in [0, 0.05) is 21.7 Å². The Kier molecular flexibility index (Phi) is 6.40. The molecule has 208 valence electrons. The smallest absolute Gasteiger partial charge is 0.164 e. The van der Waals surface area contributed by atoms with Gasteiger partial charge < -0.3 is 0 Å². The van der Waals surface area contributed by atoms with Gasteiger partial charge in [-0.25, -0.2) is 15.0 Å². The highest BCUT2D eigenvalue weighted by Gasteiger charge is 2.45. The van der Waals surface area contributed by atoms with Gasteiger partial charge in [0.25, 0.3) is 0 Å². The van der Waals surface area contributed by atoms with Gasteiger partial charge in [-0.3, -0.25) is 0 Å². The molecule has 0 aliphatic heterocycles. The second-order valence-electron chi connectivity index (χ2n) is 11.0. The molecular formula is C40H26ClN3. The van der Waals surface area contributed by atoms with Gasteiger partial charge in [-0.15, -0.1) is 0 Å². The first-order valence-electron chi connectivity index (χ1n) is 14.6. The molecule has 1 aliphatic rings. The van der Waals surface area contributed by atoms with Gasteiger partial charge in [-0.2, -0.15) is 0 Å². The quantitative estimate of drug-likeness (QED) is 0.202. The second-order valence-corrected chi connectivity index (χ2v) is 11.4. The van der Waals surface area contributed by atoms with Crippen LogP contribution in [0.5, 0.6) is 0 Å². The molecule has 1 aliphatic carbocycles. The van der Waals surface area contributed by atoms with E-state index in [0.29, 0.717) is 22.5 Å². The fourth-order valence-electron chi connectivity index (χ4n) is 6.55. The van der Waals surface area contributed by atoms with Gasteiger partial charge in [0.1, 0.15) is 0 Å². The number of hydrogen-bond donors (Lipinski definition) is 0. The third-order valence-corrected chi connectivity index (χ3v) is 8.73. The van der Waals surface area contributed by atoms with Crippen LogP contribution < -0.4 is 0 Å². The number of fused-ring (bicyclic) bond motifs is 3. The van der Waals surface area contributed by atoms with E-state index in [9.17, 15) is 0 Å². The van der Waals surface area contributed by atoms with E-state index in [0.717, 1.165) is 22.3 Å². The molecular weight excluding hydrogens is 558 g/mol. The zero-order valence-electron chi connectivity index (χ0n) is 23.7. The van der Waals surface area contributed by atoms with Crippen molar-refractivity contribution < 1.29 is 0 Å². The summed E-state index contributed by atoms with van der Waals surface area (Å²) in [4.78, 5) is 14.9. The average molecular weight is 584 g/mol. The summed E-state index contributed by atoms with van der Waals surface area (Å²) < 4.78 is 0. The first kappa shape index (κ1) is 26.3. The fraction of sp³-hybridized carbons (Fsp3) is 0.0250. The molecule has 8 rings (SSSR count). The third-order valence-electron chi connectivity index (χ3n) is 8.48. The number of nitrogens with zero attached hydrogens (tertiary/aromatic N) is 3. The van der Waals surface area contributed by atoms with Gasteiger partial charge >= 0.3 is 0 Å². The van der Waals surface area contributed by atoms with Crippen LogP contribution in [0.15, 0.2) is 158 Å². The van der Waals surface area contributed by atoms with Crippen LogP contribution in [0.1, 0.15) is 22.3 Å². The van der Waals surface area contributed by atoms with E-state index in [-0.39, 0.29) is 0 Å². The van der Waals surface area contributed by atoms with Crippen LogP contribution in [-0.2, 0) is 5.41 Å². The van der Waals surface area contributed by atoms with E-state index < -0.39 is 5.41 Å². The highest BCUT2D eigenvalue weighted by Crippen LogP contribution is 2.56. The maximum atomic E-state index is 6.22. The van der Waals surface area contributed by atoms with E-state index >= 15 is 0 Å². The molecule has 0 saturated heterocycles. The van der Waals surface area contributed by atoms with Crippen molar-refractivity contribution in [2.75, 3.05) is 0 Å². The van der Waals surface area contributed by atoms with Gasteiger partial charge in [0.05, 0.1) is 5.41 Å². The maximum absolute atomic E-state index is 6.22. The Morgan fingerprint density at radius 1 is 0.386 bits per heavy atom. The van der Waals surface area contributed by atoms with Gasteiger partial charge in [0.2, 0.25) is 0 Å². The minimum atomic E-state index is -0.501. The summed E-state index contributed by atoms with van der Waals surface area (Å²) in [5.41, 5.74) is 9.67. The Balaban J connectivity index is 1.38. The predicted molar refractivity (Wildman–Crippen MR) is 178 cm³/mol. The molecule has 0 N–H and O–H groups in total. The molecule has 7 aromatic rings. The van der Waals surface area contributed by atoms with E-state index in [4.69, 9.17) is 26.6 Å². The summed E-state index contributed by atoms with van der Waals surface area (Å²) in [6.45, 7) is 0. The molecule has 0 saturated carbocycles. The Morgan fingerprint density at radius 2 is 0.841 bits per heavy atom. The highest BCUT2D eigenvalue weighted by atomic mass is 35.5. The lowest BCUT2D eigenvalue weighted by atomic mass is 9.67. The standard InChI is InChI=1S/C40H26ClN3/c41-32-24-22-28(23-25-32)38-42-37(27-12-3-1-4-13-27)43-39(44-38)29-14-11-17-31(26-29)40(30-15-5-2-6-16-30)35-20-9-7-18-33(35)34-19-8-10-21-36(34)40/h1-26H. The zero-order chi connectivity index (χ0) is 29.5. The molecule has 1 heterocycles. The molecule has 0 atom stereocenters. The maximum Gasteiger partial charge on any atom is 0.164 e. The van der Waals surface area contributed by atoms with E-state index in [1.165, 1.54) is 27.8 Å². The molecule has 44 heavy (non-hydrogen) atoms. The number of hydrogen-bond acceptors (Lipinski definition) is 3. The summed E-state index contributed by atoms with van der Waals surface area (Å²) in [7, 11) is 0. The van der Waals surface area contributed by atoms with E-state index in [1.54, 1.807) is 0 Å². The average Bonchev–Trinajstić information content (AvgIpc) is 3.40. The van der Waals surface area contributed by atoms with Crippen LogP contribution in [0.2, 0.25) is 5.02 Å². The Morgan fingerprint density at radius 3 is 1.45 bits per heavy atom. The summed E-state index contributed by atoms with van der Waals surface area (Å²) in [5.74, 6) is 1.85. The predicted octanol–water partition coefficient (Wildman–Crippen LogP) is 9.89. The van der Waals surface area contributed by atoms with E-state index in [2.05, 4.69) is 103 Å². The van der Waals surface area contributed by atoms with Crippen molar-refractivity contribution in [3.05, 3.63) is 185 Å². The number of benzene rings is 6. The highest BCUT2D eigenvalue weighted by molar-refractivity contribution is 6.30. The Hall–Kier alpha value is -5.38. The molecule has 4 heteroatoms. The van der Waals surface area contributed by atoms with E-state index in [1.807, 2.05) is 54.6 Å². The molecule has 3 nitrogen and oxygen atoms in total. The van der Waals surface area contributed by atoms with Crippen molar-refractivity contribution in [3.8, 4) is 45.3 Å². The lowest BCUT2D eigenvalue weighted by Gasteiger charge is -2.34. The van der Waals surface area contributed by atoms with Crippen molar-refractivity contribution in [2.24, 2.45) is 0 Å². The number of aromatic nitrogens is 3. The third kappa shape index (κ3) is 4.24. The van der Waals surface area contributed by atoms with Gasteiger partial charge in [-0.05, 0) is 63.7 Å². The first-order chi connectivity index (χ1) is 21.7. The SMILES string of the molecule is Clc1ccc(-c2nc(-c3ccccc3)nc(-c3cccc(C4(c5ccccc5)c5ccccc5-c5ccccc54)c3)n2)cc1. The van der Waals surface area contributed by atoms with Crippen LogP contribution in [0.3, 0.4) is 0 Å². The van der Waals surface area contributed by atoms with Crippen LogP contribution in [0.25, 0.3) is 45.3 Å². The summed E-state index contributed by atoms with van der Waals surface area (Å²) in [6, 6.07) is 54.7. The summed E-state index contributed by atoms with van der Waals surface area (Å²) >= 11 is 6.22.